The number of carboxylic acids is 1. The highest BCUT2D eigenvalue weighted by molar-refractivity contribution is 5.90. The first-order chi connectivity index (χ1) is 11.2. The summed E-state index contributed by atoms with van der Waals surface area (Å²) in [5.74, 6) is -0.906. The van der Waals surface area contributed by atoms with Crippen LogP contribution in [0.15, 0.2) is 36.4 Å². The van der Waals surface area contributed by atoms with E-state index in [0.29, 0.717) is 23.2 Å². The molecule has 0 aliphatic carbocycles. The number of aromatic carboxylic acids is 1. The van der Waals surface area contributed by atoms with Gasteiger partial charge in [-0.1, -0.05) is 38.3 Å². The molecule has 0 amide bonds. The molecule has 1 aromatic heterocycles. The number of hydrogen-bond donors (Lipinski definition) is 1. The van der Waals surface area contributed by atoms with Gasteiger partial charge in [0.05, 0.1) is 11.3 Å². The Balaban J connectivity index is 2.30. The lowest BCUT2D eigenvalue weighted by Crippen LogP contribution is -2.03. The van der Waals surface area contributed by atoms with Crippen LogP contribution in [-0.2, 0) is 6.42 Å². The Hall–Kier alpha value is -2.49. The minimum Gasteiger partial charge on any atom is -0.478 e. The molecule has 0 aliphatic rings. The van der Waals surface area contributed by atoms with Gasteiger partial charge < -0.3 is 5.11 Å². The average Bonchev–Trinajstić information content (AvgIpc) is 2.58. The van der Waals surface area contributed by atoms with Crippen LogP contribution >= 0.6 is 0 Å². The largest absolute Gasteiger partial charge is 0.478 e. The van der Waals surface area contributed by atoms with Crippen molar-refractivity contribution < 1.29 is 14.7 Å². The molecule has 23 heavy (non-hydrogen) atoms. The number of rotatable bonds is 8. The van der Waals surface area contributed by atoms with Gasteiger partial charge in [0.2, 0.25) is 0 Å². The molecule has 4 nitrogen and oxygen atoms in total. The number of aromatic nitrogens is 1. The minimum absolute atomic E-state index is 0.344. The Morgan fingerprint density at radius 2 is 2.00 bits per heavy atom. The molecule has 1 heterocycles. The highest BCUT2D eigenvalue weighted by Crippen LogP contribution is 2.23. The molecule has 0 saturated heterocycles. The molecule has 0 atom stereocenters. The Morgan fingerprint density at radius 3 is 2.70 bits per heavy atom. The van der Waals surface area contributed by atoms with Crippen molar-refractivity contribution in [2.45, 2.75) is 39.0 Å². The number of carboxylic acid groups (broad SMARTS) is 1. The van der Waals surface area contributed by atoms with E-state index in [2.05, 4.69) is 11.9 Å². The number of carbonyl (C=O) groups is 2. The second kappa shape index (κ2) is 8.22. The van der Waals surface area contributed by atoms with Crippen molar-refractivity contribution in [3.05, 3.63) is 53.2 Å². The lowest BCUT2D eigenvalue weighted by Gasteiger charge is -2.09. The third-order valence-corrected chi connectivity index (χ3v) is 3.82. The molecular weight excluding hydrogens is 290 g/mol. The van der Waals surface area contributed by atoms with E-state index in [9.17, 15) is 14.7 Å². The van der Waals surface area contributed by atoms with Gasteiger partial charge in [0.25, 0.3) is 0 Å². The predicted octanol–water partition coefficient (Wildman–Crippen LogP) is 4.38. The summed E-state index contributed by atoms with van der Waals surface area (Å²) in [7, 11) is 0. The summed E-state index contributed by atoms with van der Waals surface area (Å²) in [4.78, 5) is 26.5. The van der Waals surface area contributed by atoms with Crippen LogP contribution in [-0.4, -0.2) is 22.3 Å². The lowest BCUT2D eigenvalue weighted by molar-refractivity contribution is 0.0695. The fourth-order valence-electron chi connectivity index (χ4n) is 2.59. The molecule has 120 valence electrons. The Labute approximate surface area is 136 Å². The summed E-state index contributed by atoms with van der Waals surface area (Å²) >= 11 is 0. The summed E-state index contributed by atoms with van der Waals surface area (Å²) < 4.78 is 0. The average molecular weight is 311 g/mol. The number of unbranched alkanes of at least 4 members (excludes halogenated alkanes) is 3. The van der Waals surface area contributed by atoms with Crippen LogP contribution < -0.4 is 0 Å². The van der Waals surface area contributed by atoms with E-state index in [0.717, 1.165) is 43.2 Å². The van der Waals surface area contributed by atoms with Crippen molar-refractivity contribution in [2.75, 3.05) is 0 Å². The smallest absolute Gasteiger partial charge is 0.335 e. The Bertz CT molecular complexity index is 695. The zero-order chi connectivity index (χ0) is 16.7. The number of benzene rings is 1. The molecule has 0 saturated carbocycles. The summed E-state index contributed by atoms with van der Waals surface area (Å²) in [6.45, 7) is 2.15. The highest BCUT2D eigenvalue weighted by Gasteiger charge is 2.12. The molecule has 0 spiro atoms. The molecule has 0 bridgehead atoms. The quantitative estimate of drug-likeness (QED) is 0.580. The zero-order valence-corrected chi connectivity index (χ0v) is 13.3. The van der Waals surface area contributed by atoms with E-state index in [1.165, 1.54) is 0 Å². The van der Waals surface area contributed by atoms with Crippen molar-refractivity contribution in [2.24, 2.45) is 0 Å². The second-order valence-corrected chi connectivity index (χ2v) is 5.55. The van der Waals surface area contributed by atoms with Gasteiger partial charge in [-0.25, -0.2) is 9.78 Å². The SMILES string of the molecule is CCCCCCc1cc(-c2cccc(C=O)n2)ccc1C(=O)O. The standard InChI is InChI=1S/C19H21NO3/c1-2-3-4-5-7-14-12-15(10-11-17(14)19(22)23)18-9-6-8-16(13-21)20-18/h6,8-13H,2-5,7H2,1H3,(H,22,23). The molecule has 0 aliphatic heterocycles. The van der Waals surface area contributed by atoms with Crippen LogP contribution in [0.25, 0.3) is 11.3 Å². The molecule has 4 heteroatoms. The van der Waals surface area contributed by atoms with E-state index in [-0.39, 0.29) is 0 Å². The van der Waals surface area contributed by atoms with Gasteiger partial charge in [-0.2, -0.15) is 0 Å². The van der Waals surface area contributed by atoms with Crippen molar-refractivity contribution in [3.63, 3.8) is 0 Å². The first-order valence-electron chi connectivity index (χ1n) is 7.94. The molecule has 2 aromatic rings. The molecule has 1 aromatic carbocycles. The summed E-state index contributed by atoms with van der Waals surface area (Å²) in [6, 6.07) is 10.5. The number of pyridine rings is 1. The third-order valence-electron chi connectivity index (χ3n) is 3.82. The fourth-order valence-corrected chi connectivity index (χ4v) is 2.59. The number of aldehydes is 1. The van der Waals surface area contributed by atoms with Crippen LogP contribution in [0.3, 0.4) is 0 Å². The van der Waals surface area contributed by atoms with Gasteiger partial charge in [0, 0.05) is 5.56 Å². The Kier molecular flexibility index (Phi) is 6.03. The summed E-state index contributed by atoms with van der Waals surface area (Å²) in [5, 5.41) is 9.35. The molecule has 0 unspecified atom stereocenters. The van der Waals surface area contributed by atoms with E-state index in [1.54, 1.807) is 24.3 Å². The highest BCUT2D eigenvalue weighted by atomic mass is 16.4. The van der Waals surface area contributed by atoms with Crippen LogP contribution in [0.1, 0.15) is 59.0 Å². The molecule has 0 radical (unpaired) electrons. The van der Waals surface area contributed by atoms with Gasteiger partial charge in [0.15, 0.2) is 6.29 Å². The van der Waals surface area contributed by atoms with Gasteiger partial charge in [-0.15, -0.1) is 0 Å². The van der Waals surface area contributed by atoms with Crippen LogP contribution in [0.5, 0.6) is 0 Å². The first kappa shape index (κ1) is 16.9. The van der Waals surface area contributed by atoms with Crippen LogP contribution in [0.4, 0.5) is 0 Å². The maximum absolute atomic E-state index is 11.4. The van der Waals surface area contributed by atoms with E-state index < -0.39 is 5.97 Å². The first-order valence-corrected chi connectivity index (χ1v) is 7.94. The van der Waals surface area contributed by atoms with Gasteiger partial charge in [0.1, 0.15) is 5.69 Å². The van der Waals surface area contributed by atoms with Gasteiger partial charge in [-0.3, -0.25) is 4.79 Å². The number of carbonyl (C=O) groups excluding carboxylic acids is 1. The van der Waals surface area contributed by atoms with Crippen molar-refractivity contribution in [1.82, 2.24) is 4.98 Å². The van der Waals surface area contributed by atoms with Gasteiger partial charge in [-0.05, 0) is 42.7 Å². The molecular formula is C19H21NO3. The predicted molar refractivity (Wildman–Crippen MR) is 89.9 cm³/mol. The summed E-state index contributed by atoms with van der Waals surface area (Å²) in [5.41, 5.74) is 3.06. The zero-order valence-electron chi connectivity index (χ0n) is 13.3. The topological polar surface area (TPSA) is 67.3 Å². The maximum Gasteiger partial charge on any atom is 0.335 e. The van der Waals surface area contributed by atoms with E-state index >= 15 is 0 Å². The second-order valence-electron chi connectivity index (χ2n) is 5.55. The van der Waals surface area contributed by atoms with Crippen LogP contribution in [0, 0.1) is 0 Å². The monoisotopic (exact) mass is 311 g/mol. The minimum atomic E-state index is -0.906. The lowest BCUT2D eigenvalue weighted by atomic mass is 9.97. The number of nitrogens with zero attached hydrogens (tertiary/aromatic N) is 1. The Morgan fingerprint density at radius 1 is 1.17 bits per heavy atom. The van der Waals surface area contributed by atoms with Crippen molar-refractivity contribution in [3.8, 4) is 11.3 Å². The van der Waals surface area contributed by atoms with Crippen LogP contribution in [0.2, 0.25) is 0 Å². The normalized spacial score (nSPS) is 10.5. The summed E-state index contributed by atoms with van der Waals surface area (Å²) in [6.07, 6.45) is 5.82. The van der Waals surface area contributed by atoms with E-state index in [1.807, 2.05) is 12.1 Å². The van der Waals surface area contributed by atoms with Gasteiger partial charge >= 0.3 is 5.97 Å². The number of hydrogen-bond acceptors (Lipinski definition) is 3. The maximum atomic E-state index is 11.4. The van der Waals surface area contributed by atoms with E-state index in [4.69, 9.17) is 0 Å². The van der Waals surface area contributed by atoms with Crippen molar-refractivity contribution >= 4 is 12.3 Å². The number of aryl methyl sites for hydroxylation is 1. The van der Waals surface area contributed by atoms with Crippen molar-refractivity contribution in [1.29, 1.82) is 0 Å². The third kappa shape index (κ3) is 4.49. The fraction of sp³-hybridized carbons (Fsp3) is 0.316. The molecule has 2 rings (SSSR count). The molecule has 1 N–H and O–H groups in total. The molecule has 0 fully saturated rings.